The van der Waals surface area contributed by atoms with Gasteiger partial charge in [0.1, 0.15) is 0 Å². The predicted molar refractivity (Wildman–Crippen MR) is 124 cm³/mol. The van der Waals surface area contributed by atoms with Gasteiger partial charge in [0.25, 0.3) is 5.91 Å². The molecule has 0 saturated heterocycles. The molecule has 0 saturated carbocycles. The average molecular weight is 404 g/mol. The number of hydrogen-bond acceptors (Lipinski definition) is 2. The maximum Gasteiger partial charge on any atom is 0.277 e. The van der Waals surface area contributed by atoms with Crippen molar-refractivity contribution in [2.45, 2.75) is 111 Å². The molecule has 29 heavy (non-hydrogen) atoms. The Balaban J connectivity index is 2.34. The smallest absolute Gasteiger partial charge is 0.271 e. The van der Waals surface area contributed by atoms with Crippen LogP contribution < -0.4 is 0 Å². The number of rotatable bonds is 18. The van der Waals surface area contributed by atoms with Gasteiger partial charge in [-0.05, 0) is 43.4 Å². The number of carbonyl (C=O) groups is 1. The van der Waals surface area contributed by atoms with Crippen LogP contribution in [0, 0.1) is 0 Å². The van der Waals surface area contributed by atoms with Crippen LogP contribution in [0.4, 0.5) is 0 Å². The minimum Gasteiger partial charge on any atom is -0.271 e. The van der Waals surface area contributed by atoms with Crippen molar-refractivity contribution in [3.05, 3.63) is 35.4 Å². The molecular formula is C26H45NO2. The molecule has 0 heterocycles. The van der Waals surface area contributed by atoms with Crippen LogP contribution in [-0.4, -0.2) is 24.1 Å². The third kappa shape index (κ3) is 12.1. The molecule has 0 N–H and O–H groups in total. The molecule has 3 nitrogen and oxygen atoms in total. The van der Waals surface area contributed by atoms with Crippen LogP contribution in [0.5, 0.6) is 0 Å². The molecule has 1 aromatic carbocycles. The van der Waals surface area contributed by atoms with E-state index in [0.29, 0.717) is 13.2 Å². The number of hydroxylamine groups is 2. The van der Waals surface area contributed by atoms with E-state index in [0.717, 1.165) is 31.2 Å². The molecule has 1 rings (SSSR count). The fourth-order valence-corrected chi connectivity index (χ4v) is 3.55. The summed E-state index contributed by atoms with van der Waals surface area (Å²) >= 11 is 0. The molecular weight excluding hydrogens is 358 g/mol. The summed E-state index contributed by atoms with van der Waals surface area (Å²) in [6, 6.07) is 8.15. The lowest BCUT2D eigenvalue weighted by Gasteiger charge is -2.21. The van der Waals surface area contributed by atoms with Crippen molar-refractivity contribution in [1.29, 1.82) is 0 Å². The number of amides is 1. The minimum atomic E-state index is -0.0130. The van der Waals surface area contributed by atoms with Gasteiger partial charge in [0.15, 0.2) is 0 Å². The van der Waals surface area contributed by atoms with Crippen LogP contribution in [0.25, 0.3) is 0 Å². The maximum atomic E-state index is 12.8. The number of unbranched alkanes of at least 4 members (excludes halogenated alkanes) is 10. The van der Waals surface area contributed by atoms with Crippen molar-refractivity contribution in [1.82, 2.24) is 5.06 Å². The fraction of sp³-hybridized carbons (Fsp3) is 0.731. The van der Waals surface area contributed by atoms with Gasteiger partial charge in [0.05, 0.1) is 6.61 Å². The molecule has 0 aliphatic heterocycles. The molecule has 1 aromatic rings. The fourth-order valence-electron chi connectivity index (χ4n) is 3.55. The van der Waals surface area contributed by atoms with Crippen LogP contribution in [0.1, 0.15) is 120 Å². The first kappa shape index (κ1) is 25.7. The van der Waals surface area contributed by atoms with Crippen molar-refractivity contribution < 1.29 is 9.63 Å². The average Bonchev–Trinajstić information content (AvgIpc) is 2.74. The SMILES string of the molecule is CCCCCCCCCCc1ccc(C(=O)N(CCC)OCCCCCC)cc1. The first-order valence-corrected chi connectivity index (χ1v) is 12.3. The van der Waals surface area contributed by atoms with E-state index in [1.165, 1.54) is 69.8 Å². The second-order valence-corrected chi connectivity index (χ2v) is 8.22. The molecule has 0 spiro atoms. The monoisotopic (exact) mass is 403 g/mol. The predicted octanol–water partition coefficient (Wildman–Crippen LogP) is 7.73. The van der Waals surface area contributed by atoms with E-state index in [-0.39, 0.29) is 5.91 Å². The summed E-state index contributed by atoms with van der Waals surface area (Å²) in [7, 11) is 0. The quantitative estimate of drug-likeness (QED) is 0.185. The number of aryl methyl sites for hydroxylation is 1. The zero-order valence-corrected chi connectivity index (χ0v) is 19.4. The first-order chi connectivity index (χ1) is 14.2. The summed E-state index contributed by atoms with van der Waals surface area (Å²) in [5.74, 6) is -0.0130. The summed E-state index contributed by atoms with van der Waals surface area (Å²) in [5.41, 5.74) is 2.06. The number of carbonyl (C=O) groups excluding carboxylic acids is 1. The normalized spacial score (nSPS) is 11.0. The lowest BCUT2D eigenvalue weighted by atomic mass is 10.0. The van der Waals surface area contributed by atoms with E-state index in [1.807, 2.05) is 12.1 Å². The Morgan fingerprint density at radius 3 is 1.86 bits per heavy atom. The zero-order chi connectivity index (χ0) is 21.2. The summed E-state index contributed by atoms with van der Waals surface area (Å²) in [5, 5.41) is 1.56. The Labute approximate surface area is 180 Å². The summed E-state index contributed by atoms with van der Waals surface area (Å²) in [4.78, 5) is 18.6. The van der Waals surface area contributed by atoms with Gasteiger partial charge in [0, 0.05) is 12.1 Å². The number of benzene rings is 1. The minimum absolute atomic E-state index is 0.0130. The molecule has 0 radical (unpaired) electrons. The van der Waals surface area contributed by atoms with Gasteiger partial charge in [-0.15, -0.1) is 0 Å². The van der Waals surface area contributed by atoms with Gasteiger partial charge < -0.3 is 0 Å². The van der Waals surface area contributed by atoms with Gasteiger partial charge in [0.2, 0.25) is 0 Å². The molecule has 1 amide bonds. The van der Waals surface area contributed by atoms with E-state index in [2.05, 4.69) is 32.9 Å². The molecule has 3 heteroatoms. The molecule has 0 atom stereocenters. The van der Waals surface area contributed by atoms with Gasteiger partial charge >= 0.3 is 0 Å². The van der Waals surface area contributed by atoms with Crippen LogP contribution in [-0.2, 0) is 11.3 Å². The second kappa shape index (κ2) is 17.5. The topological polar surface area (TPSA) is 29.5 Å². The summed E-state index contributed by atoms with van der Waals surface area (Å²) < 4.78 is 0. The molecule has 166 valence electrons. The van der Waals surface area contributed by atoms with Gasteiger partial charge in [-0.2, -0.15) is 0 Å². The molecule has 0 aliphatic carbocycles. The molecule has 0 unspecified atom stereocenters. The second-order valence-electron chi connectivity index (χ2n) is 8.22. The van der Waals surface area contributed by atoms with Crippen molar-refractivity contribution in [2.75, 3.05) is 13.2 Å². The largest absolute Gasteiger partial charge is 0.277 e. The zero-order valence-electron chi connectivity index (χ0n) is 19.4. The van der Waals surface area contributed by atoms with Gasteiger partial charge in [-0.1, -0.05) is 97.1 Å². The molecule has 0 fully saturated rings. The van der Waals surface area contributed by atoms with Gasteiger partial charge in [-0.25, -0.2) is 5.06 Å². The molecule has 0 aromatic heterocycles. The Hall–Kier alpha value is -1.35. The lowest BCUT2D eigenvalue weighted by molar-refractivity contribution is -0.124. The highest BCUT2D eigenvalue weighted by Gasteiger charge is 2.15. The van der Waals surface area contributed by atoms with E-state index < -0.39 is 0 Å². The standard InChI is InChI=1S/C26H45NO2/c1-4-7-9-11-12-13-14-15-17-24-18-20-25(21-19-24)26(28)27(22-6-3)29-23-16-10-8-5-2/h18-21H,4-17,22-23H2,1-3H3. The highest BCUT2D eigenvalue weighted by Crippen LogP contribution is 2.14. The Morgan fingerprint density at radius 1 is 0.724 bits per heavy atom. The van der Waals surface area contributed by atoms with Crippen LogP contribution in [0.15, 0.2) is 24.3 Å². The Morgan fingerprint density at radius 2 is 1.28 bits per heavy atom. The van der Waals surface area contributed by atoms with E-state index in [1.54, 1.807) is 5.06 Å². The van der Waals surface area contributed by atoms with E-state index in [4.69, 9.17) is 4.84 Å². The maximum absolute atomic E-state index is 12.8. The summed E-state index contributed by atoms with van der Waals surface area (Å²) in [6.45, 7) is 7.82. The van der Waals surface area contributed by atoms with Crippen LogP contribution >= 0.6 is 0 Å². The van der Waals surface area contributed by atoms with Crippen molar-refractivity contribution in [2.24, 2.45) is 0 Å². The lowest BCUT2D eigenvalue weighted by Crippen LogP contribution is -2.32. The third-order valence-corrected chi connectivity index (χ3v) is 5.42. The van der Waals surface area contributed by atoms with Crippen molar-refractivity contribution in [3.63, 3.8) is 0 Å². The highest BCUT2D eigenvalue weighted by atomic mass is 16.7. The third-order valence-electron chi connectivity index (χ3n) is 5.42. The van der Waals surface area contributed by atoms with Crippen molar-refractivity contribution >= 4 is 5.91 Å². The molecule has 0 bridgehead atoms. The first-order valence-electron chi connectivity index (χ1n) is 12.3. The Kier molecular flexibility index (Phi) is 15.5. The summed E-state index contributed by atoms with van der Waals surface area (Å²) in [6.07, 6.45) is 17.4. The van der Waals surface area contributed by atoms with E-state index in [9.17, 15) is 4.79 Å². The van der Waals surface area contributed by atoms with Gasteiger partial charge in [-0.3, -0.25) is 9.63 Å². The number of nitrogens with zero attached hydrogens (tertiary/aromatic N) is 1. The van der Waals surface area contributed by atoms with Crippen LogP contribution in [0.3, 0.4) is 0 Å². The Bertz CT molecular complexity index is 512. The highest BCUT2D eigenvalue weighted by molar-refractivity contribution is 5.93. The number of hydrogen-bond donors (Lipinski definition) is 0. The van der Waals surface area contributed by atoms with E-state index >= 15 is 0 Å². The van der Waals surface area contributed by atoms with Crippen LogP contribution in [0.2, 0.25) is 0 Å². The van der Waals surface area contributed by atoms with Crippen molar-refractivity contribution in [3.8, 4) is 0 Å². The molecule has 0 aliphatic rings.